The van der Waals surface area contributed by atoms with Crippen LogP contribution in [-0.2, 0) is 4.79 Å². The van der Waals surface area contributed by atoms with Crippen molar-refractivity contribution >= 4 is 5.91 Å². The first kappa shape index (κ1) is 17.3. The molecule has 0 aliphatic carbocycles. The molecule has 23 heavy (non-hydrogen) atoms. The summed E-state index contributed by atoms with van der Waals surface area (Å²) in [6.45, 7) is 4.86. The lowest BCUT2D eigenvalue weighted by Gasteiger charge is -2.19. The Morgan fingerprint density at radius 1 is 0.870 bits per heavy atom. The van der Waals surface area contributed by atoms with Gasteiger partial charge in [-0.05, 0) is 30.4 Å². The Morgan fingerprint density at radius 2 is 1.35 bits per heavy atom. The topological polar surface area (TPSA) is 29.1 Å². The third-order valence-corrected chi connectivity index (χ3v) is 4.49. The van der Waals surface area contributed by atoms with Gasteiger partial charge in [0, 0.05) is 18.4 Å². The predicted molar refractivity (Wildman–Crippen MR) is 96.4 cm³/mol. The molecule has 0 radical (unpaired) electrons. The number of carbonyl (C=O) groups is 1. The summed E-state index contributed by atoms with van der Waals surface area (Å²) < 4.78 is 0. The summed E-state index contributed by atoms with van der Waals surface area (Å²) in [5, 5.41) is 3.12. The second kappa shape index (κ2) is 9.14. The SMILES string of the molecule is CCC(CC)C(=O)NCCC(c1ccccc1)c1ccccc1. The van der Waals surface area contributed by atoms with Crippen LogP contribution in [0.5, 0.6) is 0 Å². The van der Waals surface area contributed by atoms with E-state index in [1.54, 1.807) is 0 Å². The molecule has 2 aromatic rings. The molecule has 0 atom stereocenters. The molecule has 0 aliphatic rings. The van der Waals surface area contributed by atoms with E-state index in [0.29, 0.717) is 12.5 Å². The minimum absolute atomic E-state index is 0.141. The van der Waals surface area contributed by atoms with Crippen molar-refractivity contribution in [2.75, 3.05) is 6.54 Å². The monoisotopic (exact) mass is 309 g/mol. The van der Waals surface area contributed by atoms with Gasteiger partial charge in [0.05, 0.1) is 0 Å². The first-order chi connectivity index (χ1) is 11.3. The van der Waals surface area contributed by atoms with E-state index < -0.39 is 0 Å². The van der Waals surface area contributed by atoms with E-state index in [9.17, 15) is 4.79 Å². The third-order valence-electron chi connectivity index (χ3n) is 4.49. The summed E-state index contributed by atoms with van der Waals surface area (Å²) in [5.74, 6) is 0.649. The molecule has 0 heterocycles. The van der Waals surface area contributed by atoms with Crippen molar-refractivity contribution in [2.45, 2.75) is 39.0 Å². The zero-order valence-corrected chi connectivity index (χ0v) is 14.2. The van der Waals surface area contributed by atoms with E-state index in [4.69, 9.17) is 0 Å². The highest BCUT2D eigenvalue weighted by Gasteiger charge is 2.16. The number of nitrogens with one attached hydrogen (secondary N) is 1. The zero-order chi connectivity index (χ0) is 16.5. The van der Waals surface area contributed by atoms with E-state index in [-0.39, 0.29) is 11.8 Å². The van der Waals surface area contributed by atoms with Crippen LogP contribution in [0.4, 0.5) is 0 Å². The molecule has 0 spiro atoms. The van der Waals surface area contributed by atoms with Gasteiger partial charge in [0.15, 0.2) is 0 Å². The van der Waals surface area contributed by atoms with Crippen LogP contribution in [0.2, 0.25) is 0 Å². The fourth-order valence-electron chi connectivity index (χ4n) is 3.04. The Kier molecular flexibility index (Phi) is 6.86. The molecule has 2 aromatic carbocycles. The minimum atomic E-state index is 0.141. The van der Waals surface area contributed by atoms with Crippen LogP contribution >= 0.6 is 0 Å². The summed E-state index contributed by atoms with van der Waals surface area (Å²) in [6.07, 6.45) is 2.73. The van der Waals surface area contributed by atoms with E-state index in [2.05, 4.69) is 67.7 Å². The van der Waals surface area contributed by atoms with E-state index in [0.717, 1.165) is 19.3 Å². The van der Waals surface area contributed by atoms with Gasteiger partial charge in [-0.25, -0.2) is 0 Å². The van der Waals surface area contributed by atoms with Crippen LogP contribution in [0, 0.1) is 5.92 Å². The molecule has 0 unspecified atom stereocenters. The maximum Gasteiger partial charge on any atom is 0.223 e. The Bertz CT molecular complexity index is 536. The first-order valence-electron chi connectivity index (χ1n) is 8.63. The Hall–Kier alpha value is -2.09. The quantitative estimate of drug-likeness (QED) is 0.748. The van der Waals surface area contributed by atoms with Crippen LogP contribution in [0.3, 0.4) is 0 Å². The number of benzene rings is 2. The highest BCUT2D eigenvalue weighted by Crippen LogP contribution is 2.27. The average Bonchev–Trinajstić information content (AvgIpc) is 2.61. The summed E-state index contributed by atoms with van der Waals surface area (Å²) in [5.41, 5.74) is 2.60. The van der Waals surface area contributed by atoms with Crippen molar-refractivity contribution in [2.24, 2.45) is 5.92 Å². The molecule has 0 aromatic heterocycles. The van der Waals surface area contributed by atoms with E-state index in [1.807, 2.05) is 12.1 Å². The predicted octanol–water partition coefficient (Wildman–Crippen LogP) is 4.76. The van der Waals surface area contributed by atoms with Crippen molar-refractivity contribution in [3.05, 3.63) is 71.8 Å². The lowest BCUT2D eigenvalue weighted by atomic mass is 9.88. The van der Waals surface area contributed by atoms with Crippen LogP contribution in [0.1, 0.15) is 50.2 Å². The molecule has 0 saturated heterocycles. The highest BCUT2D eigenvalue weighted by atomic mass is 16.1. The Balaban J connectivity index is 2.04. The van der Waals surface area contributed by atoms with Crippen LogP contribution in [0.15, 0.2) is 60.7 Å². The van der Waals surface area contributed by atoms with Crippen LogP contribution in [-0.4, -0.2) is 12.5 Å². The molecule has 1 N–H and O–H groups in total. The van der Waals surface area contributed by atoms with Gasteiger partial charge >= 0.3 is 0 Å². The van der Waals surface area contributed by atoms with E-state index >= 15 is 0 Å². The van der Waals surface area contributed by atoms with Gasteiger partial charge < -0.3 is 5.32 Å². The first-order valence-corrected chi connectivity index (χ1v) is 8.63. The average molecular weight is 309 g/mol. The number of rotatable bonds is 8. The molecular weight excluding hydrogens is 282 g/mol. The molecule has 0 saturated carbocycles. The van der Waals surface area contributed by atoms with Crippen LogP contribution < -0.4 is 5.32 Å². The van der Waals surface area contributed by atoms with Gasteiger partial charge in [0.1, 0.15) is 0 Å². The number of hydrogen-bond acceptors (Lipinski definition) is 1. The zero-order valence-electron chi connectivity index (χ0n) is 14.2. The van der Waals surface area contributed by atoms with Crippen molar-refractivity contribution < 1.29 is 4.79 Å². The fourth-order valence-corrected chi connectivity index (χ4v) is 3.04. The van der Waals surface area contributed by atoms with Crippen molar-refractivity contribution in [3.8, 4) is 0 Å². The third kappa shape index (κ3) is 4.95. The molecule has 0 aliphatic heterocycles. The molecule has 122 valence electrons. The summed E-state index contributed by atoms with van der Waals surface area (Å²) in [6, 6.07) is 21.1. The number of hydrogen-bond donors (Lipinski definition) is 1. The van der Waals surface area contributed by atoms with E-state index in [1.165, 1.54) is 11.1 Å². The van der Waals surface area contributed by atoms with Gasteiger partial charge in [-0.3, -0.25) is 4.79 Å². The maximum absolute atomic E-state index is 12.1. The van der Waals surface area contributed by atoms with Gasteiger partial charge in [-0.2, -0.15) is 0 Å². The molecule has 2 nitrogen and oxygen atoms in total. The summed E-state index contributed by atoms with van der Waals surface area (Å²) >= 11 is 0. The minimum Gasteiger partial charge on any atom is -0.356 e. The normalized spacial score (nSPS) is 11.0. The maximum atomic E-state index is 12.1. The molecule has 0 bridgehead atoms. The molecular formula is C21H27NO. The Morgan fingerprint density at radius 3 is 1.78 bits per heavy atom. The summed E-state index contributed by atoms with van der Waals surface area (Å²) in [7, 11) is 0. The van der Waals surface area contributed by atoms with Gasteiger partial charge in [0.25, 0.3) is 0 Å². The molecule has 2 heteroatoms. The fraction of sp³-hybridized carbons (Fsp3) is 0.381. The lowest BCUT2D eigenvalue weighted by molar-refractivity contribution is -0.125. The van der Waals surface area contributed by atoms with Crippen molar-refractivity contribution in [1.29, 1.82) is 0 Å². The highest BCUT2D eigenvalue weighted by molar-refractivity contribution is 5.78. The smallest absolute Gasteiger partial charge is 0.223 e. The second-order valence-corrected chi connectivity index (χ2v) is 5.97. The standard InChI is InChI=1S/C21H27NO/c1-3-17(4-2)21(23)22-16-15-20(18-11-7-5-8-12-18)19-13-9-6-10-14-19/h5-14,17,20H,3-4,15-16H2,1-2H3,(H,22,23). The molecule has 2 rings (SSSR count). The van der Waals surface area contributed by atoms with Crippen molar-refractivity contribution in [1.82, 2.24) is 5.32 Å². The number of amides is 1. The van der Waals surface area contributed by atoms with Gasteiger partial charge in [-0.15, -0.1) is 0 Å². The molecule has 1 amide bonds. The Labute approximate surface area is 139 Å². The largest absolute Gasteiger partial charge is 0.356 e. The number of carbonyl (C=O) groups excluding carboxylic acids is 1. The van der Waals surface area contributed by atoms with Crippen molar-refractivity contribution in [3.63, 3.8) is 0 Å². The summed E-state index contributed by atoms with van der Waals surface area (Å²) in [4.78, 5) is 12.1. The second-order valence-electron chi connectivity index (χ2n) is 5.97. The van der Waals surface area contributed by atoms with Gasteiger partial charge in [0.2, 0.25) is 5.91 Å². The molecule has 0 fully saturated rings. The van der Waals surface area contributed by atoms with Crippen LogP contribution in [0.25, 0.3) is 0 Å². The van der Waals surface area contributed by atoms with Gasteiger partial charge in [-0.1, -0.05) is 74.5 Å². The lowest BCUT2D eigenvalue weighted by Crippen LogP contribution is -2.31.